The molecule has 0 atom stereocenters. The van der Waals surface area contributed by atoms with Crippen molar-refractivity contribution in [1.29, 1.82) is 0 Å². The van der Waals surface area contributed by atoms with Gasteiger partial charge in [-0.2, -0.15) is 0 Å². The first-order valence-electron chi connectivity index (χ1n) is 9.27. The van der Waals surface area contributed by atoms with E-state index in [1.807, 2.05) is 68.4 Å². The first kappa shape index (κ1) is 20.5. The Hall–Kier alpha value is -2.82. The number of benzene rings is 2. The van der Waals surface area contributed by atoms with E-state index in [1.165, 1.54) is 0 Å². The Bertz CT molecular complexity index is 798. The predicted octanol–water partition coefficient (Wildman–Crippen LogP) is 4.01. The van der Waals surface area contributed by atoms with E-state index in [0.717, 1.165) is 34.6 Å². The van der Waals surface area contributed by atoms with Crippen molar-refractivity contribution in [3.8, 4) is 0 Å². The maximum absolute atomic E-state index is 12.4. The molecule has 27 heavy (non-hydrogen) atoms. The van der Waals surface area contributed by atoms with Gasteiger partial charge < -0.3 is 15.1 Å². The van der Waals surface area contributed by atoms with Crippen LogP contribution in [0, 0.1) is 6.92 Å². The summed E-state index contributed by atoms with van der Waals surface area (Å²) in [5.74, 6) is -0.160. The van der Waals surface area contributed by atoms with E-state index in [0.29, 0.717) is 6.54 Å². The van der Waals surface area contributed by atoms with Crippen LogP contribution in [0.3, 0.4) is 0 Å². The molecule has 0 unspecified atom stereocenters. The largest absolute Gasteiger partial charge is 0.378 e. The van der Waals surface area contributed by atoms with Gasteiger partial charge in [-0.05, 0) is 48.7 Å². The number of carbonyl (C=O) groups excluding carboxylic acids is 2. The molecule has 0 spiro atoms. The van der Waals surface area contributed by atoms with Gasteiger partial charge >= 0.3 is 0 Å². The van der Waals surface area contributed by atoms with Crippen molar-refractivity contribution in [3.63, 3.8) is 0 Å². The second-order valence-corrected chi connectivity index (χ2v) is 6.85. The molecule has 2 aromatic rings. The second-order valence-electron chi connectivity index (χ2n) is 6.85. The third-order valence-electron chi connectivity index (χ3n) is 4.58. The number of aryl methyl sites for hydroxylation is 2. The van der Waals surface area contributed by atoms with Crippen LogP contribution >= 0.6 is 0 Å². The fraction of sp³-hybridized carbons (Fsp3) is 0.364. The summed E-state index contributed by atoms with van der Waals surface area (Å²) in [7, 11) is 3.94. The van der Waals surface area contributed by atoms with E-state index in [1.54, 1.807) is 11.8 Å². The van der Waals surface area contributed by atoms with Crippen LogP contribution in [0.25, 0.3) is 0 Å². The molecule has 5 heteroatoms. The fourth-order valence-corrected chi connectivity index (χ4v) is 3.10. The van der Waals surface area contributed by atoms with Gasteiger partial charge in [-0.3, -0.25) is 9.59 Å². The van der Waals surface area contributed by atoms with Gasteiger partial charge in [0.1, 0.15) is 0 Å². The minimum absolute atomic E-state index is 0.0536. The number of nitrogens with zero attached hydrogens (tertiary/aromatic N) is 2. The summed E-state index contributed by atoms with van der Waals surface area (Å²) in [5, 5.41) is 2.90. The average Bonchev–Trinajstić information content (AvgIpc) is 2.63. The lowest BCUT2D eigenvalue weighted by atomic mass is 10.0. The van der Waals surface area contributed by atoms with Crippen molar-refractivity contribution in [2.45, 2.75) is 33.6 Å². The van der Waals surface area contributed by atoms with Crippen molar-refractivity contribution < 1.29 is 9.59 Å². The molecule has 2 amide bonds. The standard InChI is InChI=1S/C22H29N3O2/c1-6-18-9-7-8-16(2)22(18)25(17(3)26)15-14-21(27)23-19-10-12-20(13-11-19)24(4)5/h7-13H,6,14-15H2,1-5H3,(H,23,27). The van der Waals surface area contributed by atoms with E-state index in [9.17, 15) is 9.59 Å². The average molecular weight is 367 g/mol. The van der Waals surface area contributed by atoms with Gasteiger partial charge in [0.25, 0.3) is 0 Å². The predicted molar refractivity (Wildman–Crippen MR) is 113 cm³/mol. The monoisotopic (exact) mass is 367 g/mol. The molecule has 144 valence electrons. The summed E-state index contributed by atoms with van der Waals surface area (Å²) < 4.78 is 0. The molecule has 0 bridgehead atoms. The summed E-state index contributed by atoms with van der Waals surface area (Å²) in [5.41, 5.74) is 4.91. The van der Waals surface area contributed by atoms with Crippen LogP contribution in [0.1, 0.15) is 31.4 Å². The lowest BCUT2D eigenvalue weighted by Gasteiger charge is -2.25. The molecule has 0 fully saturated rings. The van der Waals surface area contributed by atoms with Gasteiger partial charge in [0.15, 0.2) is 0 Å². The topological polar surface area (TPSA) is 52.7 Å². The maximum Gasteiger partial charge on any atom is 0.226 e. The quantitative estimate of drug-likeness (QED) is 0.805. The smallest absolute Gasteiger partial charge is 0.226 e. The van der Waals surface area contributed by atoms with Gasteiger partial charge in [0.05, 0.1) is 0 Å². The van der Waals surface area contributed by atoms with E-state index in [-0.39, 0.29) is 18.2 Å². The molecule has 0 aromatic heterocycles. The number of amides is 2. The van der Waals surface area contributed by atoms with Gasteiger partial charge in [0.2, 0.25) is 11.8 Å². The van der Waals surface area contributed by atoms with Crippen molar-refractivity contribution in [2.24, 2.45) is 0 Å². The number of rotatable bonds is 7. The Morgan fingerprint density at radius 2 is 1.70 bits per heavy atom. The van der Waals surface area contributed by atoms with E-state index >= 15 is 0 Å². The minimum atomic E-state index is -0.106. The van der Waals surface area contributed by atoms with Gasteiger partial charge in [0, 0.05) is 51.0 Å². The van der Waals surface area contributed by atoms with Crippen LogP contribution in [-0.4, -0.2) is 32.5 Å². The SMILES string of the molecule is CCc1cccc(C)c1N(CCC(=O)Nc1ccc(N(C)C)cc1)C(C)=O. The molecular formula is C22H29N3O2. The summed E-state index contributed by atoms with van der Waals surface area (Å²) in [4.78, 5) is 28.3. The van der Waals surface area contributed by atoms with Crippen molar-refractivity contribution in [2.75, 3.05) is 35.8 Å². The lowest BCUT2D eigenvalue weighted by Crippen LogP contribution is -2.33. The van der Waals surface area contributed by atoms with Crippen LogP contribution in [0.5, 0.6) is 0 Å². The zero-order valence-electron chi connectivity index (χ0n) is 16.9. The second kappa shape index (κ2) is 9.21. The van der Waals surface area contributed by atoms with Crippen molar-refractivity contribution in [1.82, 2.24) is 0 Å². The van der Waals surface area contributed by atoms with E-state index in [4.69, 9.17) is 0 Å². The molecule has 0 aliphatic carbocycles. The van der Waals surface area contributed by atoms with Crippen LogP contribution in [-0.2, 0) is 16.0 Å². The molecular weight excluding hydrogens is 338 g/mol. The minimum Gasteiger partial charge on any atom is -0.378 e. The van der Waals surface area contributed by atoms with Crippen molar-refractivity contribution >= 4 is 28.9 Å². The molecule has 2 rings (SSSR count). The van der Waals surface area contributed by atoms with Crippen LogP contribution in [0.2, 0.25) is 0 Å². The molecule has 0 saturated carbocycles. The Morgan fingerprint density at radius 3 is 2.26 bits per heavy atom. The van der Waals surface area contributed by atoms with Crippen LogP contribution < -0.4 is 15.1 Å². The maximum atomic E-state index is 12.4. The number of anilines is 3. The highest BCUT2D eigenvalue weighted by Crippen LogP contribution is 2.26. The first-order valence-corrected chi connectivity index (χ1v) is 9.27. The van der Waals surface area contributed by atoms with Crippen LogP contribution in [0.4, 0.5) is 17.1 Å². The Kier molecular flexibility index (Phi) is 6.99. The van der Waals surface area contributed by atoms with Gasteiger partial charge in [-0.1, -0.05) is 25.1 Å². The molecule has 5 nitrogen and oxygen atoms in total. The number of nitrogens with one attached hydrogen (secondary N) is 1. The molecule has 0 heterocycles. The summed E-state index contributed by atoms with van der Waals surface area (Å²) in [6.45, 7) is 5.97. The first-order chi connectivity index (χ1) is 12.8. The normalized spacial score (nSPS) is 10.4. The number of hydrogen-bond donors (Lipinski definition) is 1. The van der Waals surface area contributed by atoms with Crippen LogP contribution in [0.15, 0.2) is 42.5 Å². The Labute approximate surface area is 162 Å². The number of para-hydroxylation sites is 1. The van der Waals surface area contributed by atoms with E-state index in [2.05, 4.69) is 12.2 Å². The molecule has 0 aliphatic heterocycles. The molecule has 0 radical (unpaired) electrons. The third kappa shape index (κ3) is 5.33. The molecule has 0 aliphatic rings. The lowest BCUT2D eigenvalue weighted by molar-refractivity contribution is -0.117. The Morgan fingerprint density at radius 1 is 1.04 bits per heavy atom. The fourth-order valence-electron chi connectivity index (χ4n) is 3.10. The highest BCUT2D eigenvalue weighted by molar-refractivity contribution is 5.96. The highest BCUT2D eigenvalue weighted by Gasteiger charge is 2.18. The molecule has 2 aromatic carbocycles. The molecule has 1 N–H and O–H groups in total. The summed E-state index contributed by atoms with van der Waals surface area (Å²) in [6.07, 6.45) is 1.08. The number of carbonyl (C=O) groups is 2. The van der Waals surface area contributed by atoms with Crippen molar-refractivity contribution in [3.05, 3.63) is 53.6 Å². The highest BCUT2D eigenvalue weighted by atomic mass is 16.2. The van der Waals surface area contributed by atoms with Gasteiger partial charge in [-0.25, -0.2) is 0 Å². The third-order valence-corrected chi connectivity index (χ3v) is 4.58. The van der Waals surface area contributed by atoms with Gasteiger partial charge in [-0.15, -0.1) is 0 Å². The summed E-state index contributed by atoms with van der Waals surface area (Å²) >= 11 is 0. The zero-order valence-corrected chi connectivity index (χ0v) is 16.9. The van der Waals surface area contributed by atoms with E-state index < -0.39 is 0 Å². The number of hydrogen-bond acceptors (Lipinski definition) is 3. The summed E-state index contributed by atoms with van der Waals surface area (Å²) in [6, 6.07) is 13.7. The molecule has 0 saturated heterocycles. The zero-order chi connectivity index (χ0) is 20.0. The Balaban J connectivity index is 2.06.